The molecule has 31 heavy (non-hydrogen) atoms. The van der Waals surface area contributed by atoms with Gasteiger partial charge in [-0.3, -0.25) is 14.4 Å². The van der Waals surface area contributed by atoms with Gasteiger partial charge in [-0.05, 0) is 42.7 Å². The smallest absolute Gasteiger partial charge is 0.263 e. The predicted octanol–water partition coefficient (Wildman–Crippen LogP) is 2.70. The average Bonchev–Trinajstić information content (AvgIpc) is 3.12. The Morgan fingerprint density at radius 3 is 2.42 bits per heavy atom. The zero-order valence-electron chi connectivity index (χ0n) is 18.1. The van der Waals surface area contributed by atoms with Crippen molar-refractivity contribution in [1.82, 2.24) is 15.1 Å². The first-order valence-corrected chi connectivity index (χ1v) is 11.3. The zero-order chi connectivity index (χ0) is 22.2. The van der Waals surface area contributed by atoms with E-state index in [0.29, 0.717) is 50.4 Å². The Kier molecular flexibility index (Phi) is 8.06. The van der Waals surface area contributed by atoms with Crippen molar-refractivity contribution in [3.05, 3.63) is 51.7 Å². The summed E-state index contributed by atoms with van der Waals surface area (Å²) in [4.78, 5) is 41.9. The molecule has 0 saturated carbocycles. The van der Waals surface area contributed by atoms with E-state index >= 15 is 0 Å². The minimum absolute atomic E-state index is 0.00777. The molecule has 166 valence electrons. The van der Waals surface area contributed by atoms with Crippen LogP contribution in [0.1, 0.15) is 39.9 Å². The third-order valence-electron chi connectivity index (χ3n) is 5.31. The molecule has 0 atom stereocenters. The van der Waals surface area contributed by atoms with Crippen LogP contribution in [0.5, 0.6) is 5.75 Å². The molecule has 1 aromatic carbocycles. The number of amides is 3. The number of rotatable bonds is 7. The molecule has 1 N–H and O–H groups in total. The predicted molar refractivity (Wildman–Crippen MR) is 120 cm³/mol. The highest BCUT2D eigenvalue weighted by atomic mass is 32.1. The largest absolute Gasteiger partial charge is 0.497 e. The molecule has 0 unspecified atom stereocenters. The summed E-state index contributed by atoms with van der Waals surface area (Å²) >= 11 is 1.40. The Morgan fingerprint density at radius 1 is 1.00 bits per heavy atom. The SMILES string of the molecule is COc1ccc(CCC(=O)N2CCCN(C(=O)c3ccc(CNC(C)=O)s3)CC2)cc1. The van der Waals surface area contributed by atoms with Gasteiger partial charge in [-0.25, -0.2) is 0 Å². The Morgan fingerprint density at radius 2 is 1.71 bits per heavy atom. The van der Waals surface area contributed by atoms with Gasteiger partial charge in [0.15, 0.2) is 0 Å². The monoisotopic (exact) mass is 443 g/mol. The maximum Gasteiger partial charge on any atom is 0.263 e. The van der Waals surface area contributed by atoms with Crippen molar-refractivity contribution in [2.45, 2.75) is 32.7 Å². The fourth-order valence-corrected chi connectivity index (χ4v) is 4.44. The topological polar surface area (TPSA) is 79.0 Å². The number of nitrogens with zero attached hydrogens (tertiary/aromatic N) is 2. The van der Waals surface area contributed by atoms with Crippen molar-refractivity contribution in [2.24, 2.45) is 0 Å². The van der Waals surface area contributed by atoms with Crippen LogP contribution in [0, 0.1) is 0 Å². The van der Waals surface area contributed by atoms with Gasteiger partial charge in [-0.15, -0.1) is 11.3 Å². The molecule has 2 heterocycles. The van der Waals surface area contributed by atoms with E-state index in [9.17, 15) is 14.4 Å². The van der Waals surface area contributed by atoms with Crippen LogP contribution in [-0.2, 0) is 22.6 Å². The molecule has 7 nitrogen and oxygen atoms in total. The van der Waals surface area contributed by atoms with Crippen LogP contribution in [0.4, 0.5) is 0 Å². The molecule has 3 amide bonds. The molecular weight excluding hydrogens is 414 g/mol. The molecule has 1 saturated heterocycles. The Labute approximate surface area is 187 Å². The molecule has 1 aliphatic rings. The summed E-state index contributed by atoms with van der Waals surface area (Å²) in [6, 6.07) is 11.5. The number of carbonyl (C=O) groups is 3. The molecule has 0 spiro atoms. The maximum absolute atomic E-state index is 12.9. The average molecular weight is 444 g/mol. The number of nitrogens with one attached hydrogen (secondary N) is 1. The summed E-state index contributed by atoms with van der Waals surface area (Å²) in [7, 11) is 1.63. The van der Waals surface area contributed by atoms with Crippen molar-refractivity contribution in [3.63, 3.8) is 0 Å². The van der Waals surface area contributed by atoms with Crippen LogP contribution in [0.3, 0.4) is 0 Å². The fraction of sp³-hybridized carbons (Fsp3) is 0.435. The molecule has 1 fully saturated rings. The van der Waals surface area contributed by atoms with Gasteiger partial charge in [0.2, 0.25) is 11.8 Å². The van der Waals surface area contributed by atoms with Crippen molar-refractivity contribution in [3.8, 4) is 5.75 Å². The lowest BCUT2D eigenvalue weighted by atomic mass is 10.1. The summed E-state index contributed by atoms with van der Waals surface area (Å²) < 4.78 is 5.16. The fourth-order valence-electron chi connectivity index (χ4n) is 3.53. The van der Waals surface area contributed by atoms with Crippen LogP contribution in [0.15, 0.2) is 36.4 Å². The highest BCUT2D eigenvalue weighted by Gasteiger charge is 2.23. The highest BCUT2D eigenvalue weighted by molar-refractivity contribution is 7.14. The number of hydrogen-bond donors (Lipinski definition) is 1. The van der Waals surface area contributed by atoms with Crippen LogP contribution in [-0.4, -0.2) is 60.8 Å². The normalized spacial score (nSPS) is 14.1. The standard InChI is InChI=1S/C23H29N3O4S/c1-17(27)24-16-20-9-10-21(31-20)23(29)26-13-3-12-25(14-15-26)22(28)11-6-18-4-7-19(30-2)8-5-18/h4-5,7-10H,3,6,11-16H2,1-2H3,(H,24,27). The van der Waals surface area contributed by atoms with Gasteiger partial charge in [0.25, 0.3) is 5.91 Å². The van der Waals surface area contributed by atoms with E-state index in [1.54, 1.807) is 7.11 Å². The summed E-state index contributed by atoms with van der Waals surface area (Å²) in [6.45, 7) is 4.30. The lowest BCUT2D eigenvalue weighted by Crippen LogP contribution is -2.37. The quantitative estimate of drug-likeness (QED) is 0.714. The van der Waals surface area contributed by atoms with Gasteiger partial charge >= 0.3 is 0 Å². The van der Waals surface area contributed by atoms with E-state index in [2.05, 4.69) is 5.32 Å². The summed E-state index contributed by atoms with van der Waals surface area (Å²) in [5.74, 6) is 0.830. The molecule has 0 aliphatic carbocycles. The van der Waals surface area contributed by atoms with E-state index < -0.39 is 0 Å². The van der Waals surface area contributed by atoms with E-state index in [-0.39, 0.29) is 17.7 Å². The Hall–Kier alpha value is -2.87. The third-order valence-corrected chi connectivity index (χ3v) is 6.38. The van der Waals surface area contributed by atoms with Crippen LogP contribution < -0.4 is 10.1 Å². The lowest BCUT2D eigenvalue weighted by Gasteiger charge is -2.22. The molecule has 0 radical (unpaired) electrons. The van der Waals surface area contributed by atoms with Gasteiger partial charge < -0.3 is 19.9 Å². The van der Waals surface area contributed by atoms with Gasteiger partial charge in [-0.1, -0.05) is 12.1 Å². The van der Waals surface area contributed by atoms with E-state index in [1.165, 1.54) is 18.3 Å². The van der Waals surface area contributed by atoms with E-state index in [1.807, 2.05) is 46.2 Å². The highest BCUT2D eigenvalue weighted by Crippen LogP contribution is 2.20. The lowest BCUT2D eigenvalue weighted by molar-refractivity contribution is -0.131. The summed E-state index contributed by atoms with van der Waals surface area (Å²) in [6.07, 6.45) is 1.91. The van der Waals surface area contributed by atoms with Crippen molar-refractivity contribution in [1.29, 1.82) is 0 Å². The van der Waals surface area contributed by atoms with Gasteiger partial charge in [-0.2, -0.15) is 0 Å². The third kappa shape index (κ3) is 6.55. The van der Waals surface area contributed by atoms with Gasteiger partial charge in [0.1, 0.15) is 5.75 Å². The summed E-state index contributed by atoms with van der Waals surface area (Å²) in [5.41, 5.74) is 1.11. The van der Waals surface area contributed by atoms with Crippen molar-refractivity contribution >= 4 is 29.1 Å². The summed E-state index contributed by atoms with van der Waals surface area (Å²) in [5, 5.41) is 2.75. The number of carbonyl (C=O) groups excluding carboxylic acids is 3. The molecule has 8 heteroatoms. The first kappa shape index (κ1) is 22.8. The number of ether oxygens (including phenoxy) is 1. The van der Waals surface area contributed by atoms with Crippen LogP contribution >= 0.6 is 11.3 Å². The molecule has 0 bridgehead atoms. The van der Waals surface area contributed by atoms with Crippen molar-refractivity contribution < 1.29 is 19.1 Å². The Bertz CT molecular complexity index is 910. The number of benzene rings is 1. The molecule has 2 aromatic rings. The molecular formula is C23H29N3O4S. The second kappa shape index (κ2) is 10.9. The molecule has 3 rings (SSSR count). The maximum atomic E-state index is 12.9. The van der Waals surface area contributed by atoms with Crippen molar-refractivity contribution in [2.75, 3.05) is 33.3 Å². The van der Waals surface area contributed by atoms with Crippen LogP contribution in [0.25, 0.3) is 0 Å². The van der Waals surface area contributed by atoms with Crippen LogP contribution in [0.2, 0.25) is 0 Å². The second-order valence-corrected chi connectivity index (χ2v) is 8.72. The number of methoxy groups -OCH3 is 1. The van der Waals surface area contributed by atoms with Gasteiger partial charge in [0.05, 0.1) is 18.5 Å². The number of thiophene rings is 1. The zero-order valence-corrected chi connectivity index (χ0v) is 18.9. The van der Waals surface area contributed by atoms with Gasteiger partial charge in [0, 0.05) is 44.4 Å². The molecule has 1 aromatic heterocycles. The molecule has 1 aliphatic heterocycles. The number of hydrogen-bond acceptors (Lipinski definition) is 5. The minimum atomic E-state index is -0.0921. The van der Waals surface area contributed by atoms with E-state index in [0.717, 1.165) is 22.6 Å². The minimum Gasteiger partial charge on any atom is -0.497 e. The Balaban J connectivity index is 1.49. The first-order chi connectivity index (χ1) is 15.0. The number of aryl methyl sites for hydroxylation is 1. The first-order valence-electron chi connectivity index (χ1n) is 10.5. The second-order valence-electron chi connectivity index (χ2n) is 7.55. The van der Waals surface area contributed by atoms with E-state index in [4.69, 9.17) is 4.74 Å².